The van der Waals surface area contributed by atoms with Crippen molar-refractivity contribution < 1.29 is 19.4 Å². The summed E-state index contributed by atoms with van der Waals surface area (Å²) in [5, 5.41) is 10.3. The van der Waals surface area contributed by atoms with Gasteiger partial charge in [0, 0.05) is 22.2 Å². The summed E-state index contributed by atoms with van der Waals surface area (Å²) in [6.07, 6.45) is 5.21. The molecule has 0 heterocycles. The van der Waals surface area contributed by atoms with E-state index in [4.69, 9.17) is 33.0 Å². The average Bonchev–Trinajstić information content (AvgIpc) is 3.25. The van der Waals surface area contributed by atoms with Crippen LogP contribution in [0.4, 0.5) is 0 Å². The summed E-state index contributed by atoms with van der Waals surface area (Å²) in [4.78, 5) is 26.5. The van der Waals surface area contributed by atoms with Crippen molar-refractivity contribution in [3.05, 3.63) is 92.5 Å². The third-order valence-electron chi connectivity index (χ3n) is 7.60. The number of aryl methyl sites for hydroxylation is 1. The minimum Gasteiger partial charge on any atom is -0.481 e. The normalized spacial score (nSPS) is 13.7. The number of benzene rings is 3. The lowest BCUT2D eigenvalue weighted by atomic mass is 9.94. The Bertz CT molecular complexity index is 1440. The molecule has 0 aromatic heterocycles. The Morgan fingerprint density at radius 1 is 0.881 bits per heavy atom. The maximum atomic E-state index is 13.0. The summed E-state index contributed by atoms with van der Waals surface area (Å²) >= 11 is 13.3. The van der Waals surface area contributed by atoms with E-state index >= 15 is 0 Å². The van der Waals surface area contributed by atoms with Crippen LogP contribution in [-0.2, 0) is 14.3 Å². The second-order valence-electron chi connectivity index (χ2n) is 11.0. The predicted octanol–water partition coefficient (Wildman–Crippen LogP) is 9.22. The number of fused-ring (bicyclic) bond motifs is 3. The lowest BCUT2D eigenvalue weighted by molar-refractivity contribution is -0.153. The summed E-state index contributed by atoms with van der Waals surface area (Å²) in [6, 6.07) is 18.0. The molecule has 1 N–H and O–H groups in total. The average molecular weight is 609 g/mol. The highest BCUT2D eigenvalue weighted by Gasteiger charge is 2.32. The third-order valence-corrected chi connectivity index (χ3v) is 8.05. The highest BCUT2D eigenvalue weighted by Crippen LogP contribution is 2.50. The van der Waals surface area contributed by atoms with Gasteiger partial charge in [0.05, 0.1) is 12.8 Å². The zero-order valence-corrected chi connectivity index (χ0v) is 26.1. The van der Waals surface area contributed by atoms with Gasteiger partial charge in [-0.05, 0) is 96.6 Å². The molecule has 1 atom stereocenters. The van der Waals surface area contributed by atoms with Gasteiger partial charge in [-0.1, -0.05) is 85.8 Å². The molecular weight excluding hydrogens is 569 g/mol. The second kappa shape index (κ2) is 14.9. The molecule has 0 aliphatic heterocycles. The van der Waals surface area contributed by atoms with Gasteiger partial charge in [-0.15, -0.1) is 0 Å². The number of carboxylic acids is 1. The Morgan fingerprint density at radius 2 is 1.55 bits per heavy atom. The molecule has 0 saturated carbocycles. The standard InChI is InChI=1S/C35H39Cl2NO4/c1-4-6-16-38(17-7-5-2)22-32(42-34(41)15-14-33(39)40)31-21-26(37)20-30-28(18-24-10-8-23(3)9-11-24)29-19-25(36)12-13-27(29)35(30)31/h8-13,18-21,32H,4-7,14-17,22H2,1-3H3,(H,39,40)/b28-18-. The van der Waals surface area contributed by atoms with Gasteiger partial charge in [0.2, 0.25) is 0 Å². The molecule has 0 amide bonds. The number of ether oxygens (including phenoxy) is 1. The maximum absolute atomic E-state index is 13.0. The Kier molecular flexibility index (Phi) is 11.3. The van der Waals surface area contributed by atoms with Crippen LogP contribution in [-0.4, -0.2) is 41.6 Å². The van der Waals surface area contributed by atoms with Crippen molar-refractivity contribution in [1.82, 2.24) is 4.90 Å². The molecule has 0 spiro atoms. The molecule has 4 rings (SSSR count). The number of halogens is 2. The number of unbranched alkanes of at least 4 members (excludes halogenated alkanes) is 2. The van der Waals surface area contributed by atoms with Crippen molar-refractivity contribution in [2.45, 2.75) is 65.4 Å². The number of esters is 1. The zero-order chi connectivity index (χ0) is 30.2. The topological polar surface area (TPSA) is 66.8 Å². The van der Waals surface area contributed by atoms with Gasteiger partial charge < -0.3 is 9.84 Å². The number of carboxylic acid groups (broad SMARTS) is 1. The number of nitrogens with zero attached hydrogens (tertiary/aromatic N) is 1. The van der Waals surface area contributed by atoms with Gasteiger partial charge in [0.15, 0.2) is 0 Å². The van der Waals surface area contributed by atoms with E-state index in [-0.39, 0.29) is 12.8 Å². The SMILES string of the molecule is CCCCN(CCCC)CC(OC(=O)CCC(=O)O)c1cc(Cl)cc2c1-c1ccc(Cl)cc1/C2=C/c1ccc(C)cc1. The molecule has 1 unspecified atom stereocenters. The molecule has 42 heavy (non-hydrogen) atoms. The van der Waals surface area contributed by atoms with E-state index in [9.17, 15) is 9.59 Å². The molecule has 1 aliphatic rings. The van der Waals surface area contributed by atoms with E-state index in [1.807, 2.05) is 30.3 Å². The lowest BCUT2D eigenvalue weighted by Gasteiger charge is -2.29. The minimum atomic E-state index is -1.03. The molecule has 3 aromatic carbocycles. The molecule has 0 radical (unpaired) electrons. The summed E-state index contributed by atoms with van der Waals surface area (Å²) in [5.41, 5.74) is 7.96. The number of hydrogen-bond donors (Lipinski definition) is 1. The molecule has 0 saturated heterocycles. The first-order valence-corrected chi connectivity index (χ1v) is 15.5. The Labute approximate surface area is 259 Å². The van der Waals surface area contributed by atoms with Crippen LogP contribution in [0.25, 0.3) is 22.8 Å². The number of rotatable bonds is 14. The molecule has 7 heteroatoms. The van der Waals surface area contributed by atoms with Gasteiger partial charge in [-0.2, -0.15) is 0 Å². The summed E-state index contributed by atoms with van der Waals surface area (Å²) in [7, 11) is 0. The fourth-order valence-corrected chi connectivity index (χ4v) is 5.80. The summed E-state index contributed by atoms with van der Waals surface area (Å²) in [6.45, 7) is 8.64. The molecule has 3 aromatic rings. The zero-order valence-electron chi connectivity index (χ0n) is 24.6. The molecule has 1 aliphatic carbocycles. The van der Waals surface area contributed by atoms with Gasteiger partial charge in [-0.3, -0.25) is 14.5 Å². The molecule has 5 nitrogen and oxygen atoms in total. The highest BCUT2D eigenvalue weighted by atomic mass is 35.5. The summed E-state index contributed by atoms with van der Waals surface area (Å²) in [5.74, 6) is -1.57. The predicted molar refractivity (Wildman–Crippen MR) is 172 cm³/mol. The van der Waals surface area contributed by atoms with Crippen LogP contribution in [0, 0.1) is 6.92 Å². The van der Waals surface area contributed by atoms with Crippen molar-refractivity contribution in [3.8, 4) is 11.1 Å². The second-order valence-corrected chi connectivity index (χ2v) is 11.8. The van der Waals surface area contributed by atoms with E-state index in [0.29, 0.717) is 16.6 Å². The van der Waals surface area contributed by atoms with Crippen LogP contribution in [0.2, 0.25) is 10.0 Å². The fraction of sp³-hybridized carbons (Fsp3) is 0.371. The first kappa shape index (κ1) is 31.8. The van der Waals surface area contributed by atoms with Crippen molar-refractivity contribution >= 4 is 46.8 Å². The maximum Gasteiger partial charge on any atom is 0.307 e. The van der Waals surface area contributed by atoms with Crippen LogP contribution in [0.3, 0.4) is 0 Å². The summed E-state index contributed by atoms with van der Waals surface area (Å²) < 4.78 is 6.12. The van der Waals surface area contributed by atoms with E-state index in [2.05, 4.69) is 56.0 Å². The van der Waals surface area contributed by atoms with Crippen LogP contribution in [0.15, 0.2) is 54.6 Å². The monoisotopic (exact) mass is 607 g/mol. The first-order chi connectivity index (χ1) is 20.2. The number of carbonyl (C=O) groups excluding carboxylic acids is 1. The van der Waals surface area contributed by atoms with Crippen LogP contribution in [0.1, 0.15) is 86.3 Å². The first-order valence-electron chi connectivity index (χ1n) is 14.8. The Hall–Kier alpha value is -3.12. The molecular formula is C35H39Cl2NO4. The fourth-order valence-electron chi connectivity index (χ4n) is 5.40. The number of carbonyl (C=O) groups is 2. The van der Waals surface area contributed by atoms with Gasteiger partial charge in [0.25, 0.3) is 0 Å². The highest BCUT2D eigenvalue weighted by molar-refractivity contribution is 6.32. The molecule has 0 bridgehead atoms. The van der Waals surface area contributed by atoms with E-state index < -0.39 is 18.0 Å². The quantitative estimate of drug-likeness (QED) is 0.145. The van der Waals surface area contributed by atoms with Crippen LogP contribution >= 0.6 is 23.2 Å². The minimum absolute atomic E-state index is 0.191. The number of aliphatic carboxylic acids is 1. The van der Waals surface area contributed by atoms with Gasteiger partial charge >= 0.3 is 11.9 Å². The van der Waals surface area contributed by atoms with Crippen molar-refractivity contribution in [3.63, 3.8) is 0 Å². The van der Waals surface area contributed by atoms with E-state index in [1.165, 1.54) is 5.56 Å². The van der Waals surface area contributed by atoms with E-state index in [0.717, 1.165) is 77.7 Å². The lowest BCUT2D eigenvalue weighted by Crippen LogP contribution is -2.33. The van der Waals surface area contributed by atoms with E-state index in [1.54, 1.807) is 0 Å². The molecule has 0 fully saturated rings. The number of hydrogen-bond acceptors (Lipinski definition) is 4. The Morgan fingerprint density at radius 3 is 2.19 bits per heavy atom. The van der Waals surface area contributed by atoms with Crippen LogP contribution in [0.5, 0.6) is 0 Å². The smallest absolute Gasteiger partial charge is 0.307 e. The van der Waals surface area contributed by atoms with Crippen molar-refractivity contribution in [2.24, 2.45) is 0 Å². The van der Waals surface area contributed by atoms with Crippen LogP contribution < -0.4 is 0 Å². The largest absolute Gasteiger partial charge is 0.481 e. The van der Waals surface area contributed by atoms with Gasteiger partial charge in [0.1, 0.15) is 6.10 Å². The van der Waals surface area contributed by atoms with Gasteiger partial charge in [-0.25, -0.2) is 0 Å². The Balaban J connectivity index is 1.85. The van der Waals surface area contributed by atoms with Crippen molar-refractivity contribution in [1.29, 1.82) is 0 Å². The third kappa shape index (κ3) is 8.03. The van der Waals surface area contributed by atoms with Crippen molar-refractivity contribution in [2.75, 3.05) is 19.6 Å². The molecule has 222 valence electrons.